The summed E-state index contributed by atoms with van der Waals surface area (Å²) in [6.07, 6.45) is 3.66. The molecule has 4 aromatic rings. The lowest BCUT2D eigenvalue weighted by molar-refractivity contribution is 0.0666. The average Bonchev–Trinajstić information content (AvgIpc) is 3.40. The molecule has 1 aliphatic carbocycles. The van der Waals surface area contributed by atoms with Crippen molar-refractivity contribution in [2.24, 2.45) is 5.41 Å². The number of ketones is 3. The second-order valence-corrected chi connectivity index (χ2v) is 10.2. The Morgan fingerprint density at radius 1 is 0.744 bits per heavy atom. The third-order valence-corrected chi connectivity index (χ3v) is 8.35. The van der Waals surface area contributed by atoms with Crippen LogP contribution in [0.3, 0.4) is 0 Å². The predicted molar refractivity (Wildman–Crippen MR) is 143 cm³/mol. The minimum Gasteiger partial charge on any atom is -0.352 e. The second-order valence-electron chi connectivity index (χ2n) is 10.2. The van der Waals surface area contributed by atoms with Gasteiger partial charge in [-0.15, -0.1) is 0 Å². The van der Waals surface area contributed by atoms with Gasteiger partial charge in [-0.05, 0) is 41.5 Å². The summed E-state index contributed by atoms with van der Waals surface area (Å²) in [5, 5.41) is 0. The van der Waals surface area contributed by atoms with Gasteiger partial charge in [0.05, 0.1) is 11.6 Å². The number of anilines is 1. The quantitative estimate of drug-likeness (QED) is 0.237. The molecule has 2 aliphatic heterocycles. The number of fused-ring (bicyclic) bond motifs is 5. The summed E-state index contributed by atoms with van der Waals surface area (Å²) in [6, 6.07) is 23.4. The van der Waals surface area contributed by atoms with E-state index in [1.165, 1.54) is 42.5 Å². The number of para-hydroxylation sites is 1. The molecule has 0 N–H and O–H groups in total. The zero-order valence-electron chi connectivity index (χ0n) is 20.6. The molecule has 4 nitrogen and oxygen atoms in total. The van der Waals surface area contributed by atoms with E-state index in [2.05, 4.69) is 0 Å². The van der Waals surface area contributed by atoms with Crippen molar-refractivity contribution in [1.29, 1.82) is 0 Å². The van der Waals surface area contributed by atoms with E-state index >= 15 is 4.39 Å². The number of halogens is 2. The fraction of sp³-hybridized carbons (Fsp3) is 0.121. The molecule has 0 unspecified atom stereocenters. The molecule has 7 rings (SSSR count). The summed E-state index contributed by atoms with van der Waals surface area (Å²) in [5.41, 5.74) is 0.679. The Bertz CT molecular complexity index is 1690. The average molecular weight is 518 g/mol. The Balaban J connectivity index is 1.56. The summed E-state index contributed by atoms with van der Waals surface area (Å²) >= 11 is 0. The molecule has 0 radical (unpaired) electrons. The van der Waals surface area contributed by atoms with Gasteiger partial charge in [0.15, 0.2) is 17.3 Å². The van der Waals surface area contributed by atoms with Crippen molar-refractivity contribution in [2.75, 3.05) is 4.90 Å². The Kier molecular flexibility index (Phi) is 5.04. The van der Waals surface area contributed by atoms with E-state index in [4.69, 9.17) is 0 Å². The van der Waals surface area contributed by atoms with Crippen molar-refractivity contribution >= 4 is 29.1 Å². The summed E-state index contributed by atoms with van der Waals surface area (Å²) in [4.78, 5) is 45.2. The Morgan fingerprint density at radius 2 is 1.36 bits per heavy atom. The molecule has 0 saturated carbocycles. The van der Waals surface area contributed by atoms with Gasteiger partial charge < -0.3 is 4.90 Å². The number of hydrogen-bond acceptors (Lipinski definition) is 4. The van der Waals surface area contributed by atoms with Crippen molar-refractivity contribution in [2.45, 2.75) is 18.0 Å². The lowest BCUT2D eigenvalue weighted by Crippen LogP contribution is -2.48. The molecular weight excluding hydrogens is 496 g/mol. The molecular formula is C33H21F2NO3. The molecule has 2 heterocycles. The molecule has 1 fully saturated rings. The normalized spacial score (nSPS) is 22.1. The highest BCUT2D eigenvalue weighted by molar-refractivity contribution is 6.32. The van der Waals surface area contributed by atoms with Gasteiger partial charge in [0.1, 0.15) is 23.1 Å². The van der Waals surface area contributed by atoms with Crippen LogP contribution in [0.5, 0.6) is 0 Å². The maximum Gasteiger partial charge on any atom is 0.188 e. The van der Waals surface area contributed by atoms with Crippen LogP contribution in [0.25, 0.3) is 6.08 Å². The number of rotatable bonds is 3. The first-order chi connectivity index (χ1) is 18.9. The fourth-order valence-corrected chi connectivity index (χ4v) is 6.78. The third-order valence-electron chi connectivity index (χ3n) is 8.35. The summed E-state index contributed by atoms with van der Waals surface area (Å²) in [7, 11) is 0. The third kappa shape index (κ3) is 3.05. The van der Waals surface area contributed by atoms with E-state index in [0.29, 0.717) is 22.4 Å². The first kappa shape index (κ1) is 23.4. The van der Waals surface area contributed by atoms with Crippen LogP contribution in [0, 0.1) is 17.0 Å². The van der Waals surface area contributed by atoms with Crippen LogP contribution in [0.4, 0.5) is 14.5 Å². The minimum atomic E-state index is -1.71. The molecule has 0 amide bonds. The van der Waals surface area contributed by atoms with E-state index in [0.717, 1.165) is 5.56 Å². The van der Waals surface area contributed by atoms with Gasteiger partial charge in [0, 0.05) is 22.7 Å². The highest BCUT2D eigenvalue weighted by Gasteiger charge is 2.71. The molecule has 3 atom stereocenters. The maximum atomic E-state index is 15.1. The maximum absolute atomic E-state index is 15.1. The van der Waals surface area contributed by atoms with Crippen molar-refractivity contribution in [3.63, 3.8) is 0 Å². The largest absolute Gasteiger partial charge is 0.352 e. The zero-order chi connectivity index (χ0) is 26.9. The summed E-state index contributed by atoms with van der Waals surface area (Å²) in [6.45, 7) is 0. The van der Waals surface area contributed by atoms with Crippen LogP contribution in [-0.2, 0) is 0 Å². The van der Waals surface area contributed by atoms with E-state index in [1.807, 2.05) is 30.3 Å². The number of nitrogens with zero attached hydrogens (tertiary/aromatic N) is 1. The Morgan fingerprint density at radius 3 is 2.05 bits per heavy atom. The molecule has 1 spiro atoms. The smallest absolute Gasteiger partial charge is 0.188 e. The first-order valence-corrected chi connectivity index (χ1v) is 12.7. The minimum absolute atomic E-state index is 0.132. The SMILES string of the molecule is O=C(c1ccccc1F)[C@H]1[C@H](c2ccc(F)cc2)C2(C(=O)c3ccccc3C2=O)[C@H]2C=Cc3ccccc3N12. The van der Waals surface area contributed by atoms with Crippen LogP contribution >= 0.6 is 0 Å². The molecule has 1 saturated heterocycles. The molecule has 190 valence electrons. The van der Waals surface area contributed by atoms with Gasteiger partial charge in [-0.2, -0.15) is 0 Å². The highest BCUT2D eigenvalue weighted by atomic mass is 19.1. The van der Waals surface area contributed by atoms with Crippen LogP contribution < -0.4 is 4.90 Å². The Hall–Kier alpha value is -4.71. The van der Waals surface area contributed by atoms with E-state index in [1.54, 1.807) is 41.3 Å². The monoisotopic (exact) mass is 517 g/mol. The zero-order valence-corrected chi connectivity index (χ0v) is 20.6. The summed E-state index contributed by atoms with van der Waals surface area (Å²) in [5.74, 6) is -3.52. The number of benzene rings is 4. The number of carbonyl (C=O) groups excluding carboxylic acids is 3. The second kappa shape index (κ2) is 8.40. The van der Waals surface area contributed by atoms with Crippen molar-refractivity contribution in [1.82, 2.24) is 0 Å². The van der Waals surface area contributed by atoms with Crippen LogP contribution in [0.15, 0.2) is 103 Å². The standard InChI is InChI=1S/C33H21F2NO3/c34-21-16-13-20(14-17-21)28-29(30(37)24-10-4-5-11-25(24)35)36-26-12-6-1-7-19(26)15-18-27(36)33(28)31(38)22-8-2-3-9-23(22)32(33)39/h1-18,27-29H/t27-,28+,29-/m1/s1. The van der Waals surface area contributed by atoms with Crippen LogP contribution in [0.1, 0.15) is 48.1 Å². The van der Waals surface area contributed by atoms with E-state index in [9.17, 15) is 18.8 Å². The molecule has 3 aliphatic rings. The van der Waals surface area contributed by atoms with Gasteiger partial charge in [-0.25, -0.2) is 8.78 Å². The predicted octanol–water partition coefficient (Wildman–Crippen LogP) is 6.28. The lowest BCUT2D eigenvalue weighted by atomic mass is 9.64. The fourth-order valence-electron chi connectivity index (χ4n) is 6.78. The number of carbonyl (C=O) groups is 3. The summed E-state index contributed by atoms with van der Waals surface area (Å²) < 4.78 is 29.2. The number of hydrogen-bond donors (Lipinski definition) is 0. The van der Waals surface area contributed by atoms with E-state index in [-0.39, 0.29) is 17.1 Å². The van der Waals surface area contributed by atoms with Gasteiger partial charge in [-0.1, -0.05) is 78.9 Å². The van der Waals surface area contributed by atoms with Gasteiger partial charge in [0.2, 0.25) is 0 Å². The molecule has 4 aromatic carbocycles. The molecule has 6 heteroatoms. The molecule has 0 aromatic heterocycles. The molecule has 0 bridgehead atoms. The van der Waals surface area contributed by atoms with Crippen molar-refractivity contribution in [3.8, 4) is 0 Å². The Labute approximate surface area is 223 Å². The highest BCUT2D eigenvalue weighted by Crippen LogP contribution is 2.61. The van der Waals surface area contributed by atoms with Gasteiger partial charge >= 0.3 is 0 Å². The van der Waals surface area contributed by atoms with Gasteiger partial charge in [-0.3, -0.25) is 14.4 Å². The van der Waals surface area contributed by atoms with Crippen molar-refractivity contribution in [3.05, 3.63) is 143 Å². The topological polar surface area (TPSA) is 54.5 Å². The van der Waals surface area contributed by atoms with Gasteiger partial charge in [0.25, 0.3) is 0 Å². The first-order valence-electron chi connectivity index (χ1n) is 12.7. The lowest BCUT2D eigenvalue weighted by Gasteiger charge is -2.37. The van der Waals surface area contributed by atoms with Crippen molar-refractivity contribution < 1.29 is 23.2 Å². The number of Topliss-reactive ketones (excluding diaryl/α,β-unsaturated/α-hetero) is 3. The van der Waals surface area contributed by atoms with E-state index < -0.39 is 40.8 Å². The molecule has 39 heavy (non-hydrogen) atoms. The van der Waals surface area contributed by atoms with Crippen LogP contribution in [0.2, 0.25) is 0 Å². The van der Waals surface area contributed by atoms with Crippen LogP contribution in [-0.4, -0.2) is 29.4 Å².